The SMILES string of the molecule is NNc1nc(Oc2ccc(F)c(Cl)c2)c2ccccc2n1. The van der Waals surface area contributed by atoms with Crippen molar-refractivity contribution in [2.24, 2.45) is 5.84 Å². The molecule has 1 heterocycles. The van der Waals surface area contributed by atoms with E-state index in [0.29, 0.717) is 22.5 Å². The molecule has 21 heavy (non-hydrogen) atoms. The maximum Gasteiger partial charge on any atom is 0.241 e. The second-order valence-corrected chi connectivity index (χ2v) is 4.60. The minimum absolute atomic E-state index is 0.0250. The fourth-order valence-corrected chi connectivity index (χ4v) is 2.01. The Morgan fingerprint density at radius 3 is 2.71 bits per heavy atom. The highest BCUT2D eigenvalue weighted by molar-refractivity contribution is 6.30. The summed E-state index contributed by atoms with van der Waals surface area (Å²) in [4.78, 5) is 8.37. The minimum atomic E-state index is -0.513. The van der Waals surface area contributed by atoms with Crippen molar-refractivity contribution in [3.05, 3.63) is 53.3 Å². The molecule has 0 atom stereocenters. The van der Waals surface area contributed by atoms with Gasteiger partial charge in [0.25, 0.3) is 0 Å². The summed E-state index contributed by atoms with van der Waals surface area (Å²) in [6, 6.07) is 11.4. The molecule has 5 nitrogen and oxygen atoms in total. The highest BCUT2D eigenvalue weighted by atomic mass is 35.5. The third-order valence-electron chi connectivity index (χ3n) is 2.80. The molecule has 0 spiro atoms. The first-order chi connectivity index (χ1) is 10.2. The number of aromatic nitrogens is 2. The molecular weight excluding hydrogens is 295 g/mol. The van der Waals surface area contributed by atoms with E-state index in [2.05, 4.69) is 15.4 Å². The molecule has 3 N–H and O–H groups in total. The van der Waals surface area contributed by atoms with Crippen LogP contribution >= 0.6 is 11.6 Å². The zero-order valence-corrected chi connectivity index (χ0v) is 11.4. The Morgan fingerprint density at radius 1 is 1.14 bits per heavy atom. The number of nitrogens with zero attached hydrogens (tertiary/aromatic N) is 2. The number of halogens is 2. The van der Waals surface area contributed by atoms with Crippen LogP contribution < -0.4 is 16.0 Å². The van der Waals surface area contributed by atoms with Crippen molar-refractivity contribution in [1.29, 1.82) is 0 Å². The molecule has 0 bridgehead atoms. The lowest BCUT2D eigenvalue weighted by Crippen LogP contribution is -2.11. The second kappa shape index (κ2) is 5.51. The van der Waals surface area contributed by atoms with Gasteiger partial charge < -0.3 is 4.74 Å². The van der Waals surface area contributed by atoms with Crippen molar-refractivity contribution in [2.45, 2.75) is 0 Å². The summed E-state index contributed by atoms with van der Waals surface area (Å²) in [5.41, 5.74) is 3.05. The van der Waals surface area contributed by atoms with Gasteiger partial charge in [-0.15, -0.1) is 0 Å². The van der Waals surface area contributed by atoms with Crippen molar-refractivity contribution >= 4 is 28.5 Å². The Bertz CT molecular complexity index is 812. The van der Waals surface area contributed by atoms with E-state index < -0.39 is 5.82 Å². The lowest BCUT2D eigenvalue weighted by Gasteiger charge is -2.09. The molecule has 7 heteroatoms. The zero-order chi connectivity index (χ0) is 14.8. The Labute approximate surface area is 124 Å². The average Bonchev–Trinajstić information content (AvgIpc) is 2.51. The Morgan fingerprint density at radius 2 is 1.95 bits per heavy atom. The smallest absolute Gasteiger partial charge is 0.241 e. The van der Waals surface area contributed by atoms with Crippen LogP contribution in [0.4, 0.5) is 10.3 Å². The van der Waals surface area contributed by atoms with Crippen LogP contribution in [-0.2, 0) is 0 Å². The van der Waals surface area contributed by atoms with Crippen molar-refractivity contribution < 1.29 is 9.13 Å². The van der Waals surface area contributed by atoms with Crippen LogP contribution in [-0.4, -0.2) is 9.97 Å². The lowest BCUT2D eigenvalue weighted by molar-refractivity contribution is 0.467. The van der Waals surface area contributed by atoms with Gasteiger partial charge in [-0.3, -0.25) is 5.43 Å². The molecule has 0 fully saturated rings. The predicted molar refractivity (Wildman–Crippen MR) is 78.8 cm³/mol. The van der Waals surface area contributed by atoms with E-state index in [4.69, 9.17) is 22.2 Å². The zero-order valence-electron chi connectivity index (χ0n) is 10.7. The van der Waals surface area contributed by atoms with Crippen molar-refractivity contribution in [2.75, 3.05) is 5.43 Å². The van der Waals surface area contributed by atoms with E-state index in [1.165, 1.54) is 18.2 Å². The lowest BCUT2D eigenvalue weighted by atomic mass is 10.2. The first kappa shape index (κ1) is 13.5. The molecule has 2 aromatic carbocycles. The summed E-state index contributed by atoms with van der Waals surface area (Å²) in [6.07, 6.45) is 0. The van der Waals surface area contributed by atoms with Gasteiger partial charge in [0.05, 0.1) is 15.9 Å². The van der Waals surface area contributed by atoms with Gasteiger partial charge in [-0.25, -0.2) is 15.2 Å². The average molecular weight is 305 g/mol. The molecule has 0 saturated carbocycles. The summed E-state index contributed by atoms with van der Waals surface area (Å²) in [6.45, 7) is 0. The van der Waals surface area contributed by atoms with E-state index in [9.17, 15) is 4.39 Å². The molecule has 0 radical (unpaired) electrons. The van der Waals surface area contributed by atoms with Crippen molar-refractivity contribution in [3.8, 4) is 11.6 Å². The second-order valence-electron chi connectivity index (χ2n) is 4.19. The van der Waals surface area contributed by atoms with Gasteiger partial charge in [-0.05, 0) is 24.3 Å². The predicted octanol–water partition coefficient (Wildman–Crippen LogP) is 3.50. The number of para-hydroxylation sites is 1. The number of nitrogen functional groups attached to an aromatic ring is 1. The molecule has 0 aliphatic rings. The van der Waals surface area contributed by atoms with E-state index in [-0.39, 0.29) is 11.0 Å². The molecule has 106 valence electrons. The Balaban J connectivity index is 2.08. The minimum Gasteiger partial charge on any atom is -0.438 e. The number of nitrogens with two attached hydrogens (primary N) is 1. The van der Waals surface area contributed by atoms with Gasteiger partial charge in [0.15, 0.2) is 0 Å². The van der Waals surface area contributed by atoms with Crippen LogP contribution in [0.3, 0.4) is 0 Å². The number of benzene rings is 2. The quantitative estimate of drug-likeness (QED) is 0.572. The fraction of sp³-hybridized carbons (Fsp3) is 0. The number of hydrazine groups is 1. The van der Waals surface area contributed by atoms with Crippen LogP contribution in [0.25, 0.3) is 10.9 Å². The number of hydrogen-bond donors (Lipinski definition) is 2. The van der Waals surface area contributed by atoms with E-state index >= 15 is 0 Å². The summed E-state index contributed by atoms with van der Waals surface area (Å²) in [7, 11) is 0. The standard InChI is InChI=1S/C14H10ClFN4O/c15-10-7-8(5-6-11(10)16)21-13-9-3-1-2-4-12(9)18-14(19-13)20-17/h1-7H,17H2,(H,18,19,20). The van der Waals surface area contributed by atoms with Crippen LogP contribution in [0.1, 0.15) is 0 Å². The van der Waals surface area contributed by atoms with Gasteiger partial charge in [-0.2, -0.15) is 4.98 Å². The van der Waals surface area contributed by atoms with Crippen LogP contribution in [0.2, 0.25) is 5.02 Å². The highest BCUT2D eigenvalue weighted by Crippen LogP contribution is 2.30. The number of fused-ring (bicyclic) bond motifs is 1. The van der Waals surface area contributed by atoms with Gasteiger partial charge in [0, 0.05) is 6.07 Å². The Hall–Kier alpha value is -2.44. The van der Waals surface area contributed by atoms with E-state index in [0.717, 1.165) is 0 Å². The molecule has 0 aliphatic heterocycles. The highest BCUT2D eigenvalue weighted by Gasteiger charge is 2.10. The maximum atomic E-state index is 13.2. The number of rotatable bonds is 3. The topological polar surface area (TPSA) is 73.1 Å². The summed E-state index contributed by atoms with van der Waals surface area (Å²) in [5, 5.41) is 0.681. The monoisotopic (exact) mass is 304 g/mol. The van der Waals surface area contributed by atoms with Crippen LogP contribution in [0, 0.1) is 5.82 Å². The maximum absolute atomic E-state index is 13.2. The van der Waals surface area contributed by atoms with Crippen molar-refractivity contribution in [1.82, 2.24) is 9.97 Å². The Kier molecular flexibility index (Phi) is 3.55. The number of ether oxygens (including phenoxy) is 1. The van der Waals surface area contributed by atoms with Gasteiger partial charge in [0.1, 0.15) is 11.6 Å². The third kappa shape index (κ3) is 2.72. The molecule has 0 amide bonds. The van der Waals surface area contributed by atoms with Gasteiger partial charge in [-0.1, -0.05) is 23.7 Å². The fourth-order valence-electron chi connectivity index (χ4n) is 1.84. The van der Waals surface area contributed by atoms with E-state index in [1.54, 1.807) is 0 Å². The van der Waals surface area contributed by atoms with Crippen LogP contribution in [0.5, 0.6) is 11.6 Å². The molecular formula is C14H10ClFN4O. The summed E-state index contributed by atoms with van der Waals surface area (Å²) in [5.74, 6) is 5.72. The number of hydrogen-bond acceptors (Lipinski definition) is 5. The first-order valence-electron chi connectivity index (χ1n) is 6.03. The first-order valence-corrected chi connectivity index (χ1v) is 6.41. The van der Waals surface area contributed by atoms with Gasteiger partial charge >= 0.3 is 0 Å². The third-order valence-corrected chi connectivity index (χ3v) is 3.09. The van der Waals surface area contributed by atoms with Crippen LogP contribution in [0.15, 0.2) is 42.5 Å². The van der Waals surface area contributed by atoms with Crippen molar-refractivity contribution in [3.63, 3.8) is 0 Å². The normalized spacial score (nSPS) is 10.6. The molecule has 1 aromatic heterocycles. The molecule has 3 aromatic rings. The number of nitrogens with one attached hydrogen (secondary N) is 1. The summed E-state index contributed by atoms with van der Waals surface area (Å²) < 4.78 is 18.8. The molecule has 0 aliphatic carbocycles. The van der Waals surface area contributed by atoms with E-state index in [1.807, 2.05) is 24.3 Å². The molecule has 0 saturated heterocycles. The molecule has 3 rings (SSSR count). The number of anilines is 1. The molecule has 0 unspecified atom stereocenters. The van der Waals surface area contributed by atoms with Gasteiger partial charge in [0.2, 0.25) is 11.8 Å². The largest absolute Gasteiger partial charge is 0.438 e. The summed E-state index contributed by atoms with van der Waals surface area (Å²) >= 11 is 5.74.